The number of halogens is 2. The molecule has 1 unspecified atom stereocenters. The minimum atomic E-state index is -0.223. The molecule has 0 saturated carbocycles. The Labute approximate surface area is 162 Å². The van der Waals surface area contributed by atoms with Crippen molar-refractivity contribution in [3.05, 3.63) is 29.8 Å². The van der Waals surface area contributed by atoms with Crippen molar-refractivity contribution in [1.29, 1.82) is 0 Å². The average Bonchev–Trinajstić information content (AvgIpc) is 2.60. The van der Waals surface area contributed by atoms with Gasteiger partial charge in [-0.05, 0) is 11.6 Å². The third kappa shape index (κ3) is 6.99. The number of hydrogen-bond acceptors (Lipinski definition) is 5. The Morgan fingerprint density at radius 2 is 1.96 bits per heavy atom. The number of carbonyl (C=O) groups is 1. The van der Waals surface area contributed by atoms with Gasteiger partial charge >= 0.3 is 0 Å². The molecule has 1 aliphatic rings. The van der Waals surface area contributed by atoms with E-state index in [0.29, 0.717) is 19.5 Å². The van der Waals surface area contributed by atoms with Crippen LogP contribution in [0.2, 0.25) is 0 Å². The topological polar surface area (TPSA) is 68.0 Å². The molecule has 1 aromatic rings. The second-order valence-corrected chi connectivity index (χ2v) is 5.78. The molecule has 2 N–H and O–H groups in total. The van der Waals surface area contributed by atoms with E-state index in [1.54, 1.807) is 12.0 Å². The summed E-state index contributed by atoms with van der Waals surface area (Å²) in [5.41, 5.74) is 7.92. The normalized spacial score (nSPS) is 14.9. The van der Waals surface area contributed by atoms with E-state index in [1.165, 1.54) is 5.69 Å². The molecule has 1 fully saturated rings. The molecule has 1 aliphatic heterocycles. The fourth-order valence-corrected chi connectivity index (χ4v) is 2.71. The van der Waals surface area contributed by atoms with E-state index < -0.39 is 0 Å². The Kier molecular flexibility index (Phi) is 11.8. The molecule has 1 aromatic carbocycles. The first-order valence-corrected chi connectivity index (χ1v) is 8.03. The number of rotatable bonds is 7. The average molecular weight is 394 g/mol. The van der Waals surface area contributed by atoms with Gasteiger partial charge in [0.2, 0.25) is 5.91 Å². The first kappa shape index (κ1) is 23.9. The smallest absolute Gasteiger partial charge is 0.225 e. The molecular weight excluding hydrogens is 365 g/mol. The lowest BCUT2D eigenvalue weighted by Gasteiger charge is -2.31. The molecule has 2 rings (SSSR count). The summed E-state index contributed by atoms with van der Waals surface area (Å²) in [7, 11) is 3.40. The minimum Gasteiger partial charge on any atom is -0.380 e. The molecule has 25 heavy (non-hydrogen) atoms. The quantitative estimate of drug-likeness (QED) is 0.763. The fourth-order valence-electron chi connectivity index (χ4n) is 2.71. The second kappa shape index (κ2) is 12.3. The number of amides is 1. The van der Waals surface area contributed by atoms with Gasteiger partial charge in [0.05, 0.1) is 25.7 Å². The summed E-state index contributed by atoms with van der Waals surface area (Å²) in [5, 5.41) is 0. The lowest BCUT2D eigenvalue weighted by molar-refractivity contribution is -0.132. The summed E-state index contributed by atoms with van der Waals surface area (Å²) in [6, 6.07) is 8.23. The van der Waals surface area contributed by atoms with E-state index in [9.17, 15) is 4.79 Å². The molecule has 0 bridgehead atoms. The predicted molar refractivity (Wildman–Crippen MR) is 105 cm³/mol. The van der Waals surface area contributed by atoms with Gasteiger partial charge in [0, 0.05) is 46.0 Å². The lowest BCUT2D eigenvalue weighted by atomic mass is 10.1. The zero-order chi connectivity index (χ0) is 16.7. The van der Waals surface area contributed by atoms with Gasteiger partial charge < -0.3 is 25.0 Å². The summed E-state index contributed by atoms with van der Waals surface area (Å²) in [6.45, 7) is 4.18. The van der Waals surface area contributed by atoms with Crippen molar-refractivity contribution < 1.29 is 14.3 Å². The monoisotopic (exact) mass is 393 g/mol. The summed E-state index contributed by atoms with van der Waals surface area (Å²) in [6.07, 6.45) is 0.0860. The Morgan fingerprint density at radius 1 is 1.32 bits per heavy atom. The fraction of sp³-hybridized carbons (Fsp3) is 0.588. The van der Waals surface area contributed by atoms with Gasteiger partial charge in [0.15, 0.2) is 0 Å². The van der Waals surface area contributed by atoms with Crippen molar-refractivity contribution >= 4 is 36.4 Å². The molecule has 144 valence electrons. The lowest BCUT2D eigenvalue weighted by Crippen LogP contribution is -2.37. The predicted octanol–water partition coefficient (Wildman–Crippen LogP) is 1.69. The molecule has 8 heteroatoms. The molecule has 0 aliphatic carbocycles. The molecule has 0 radical (unpaired) electrons. The minimum absolute atomic E-state index is 0. The molecule has 6 nitrogen and oxygen atoms in total. The number of morpholine rings is 1. The van der Waals surface area contributed by atoms with Gasteiger partial charge in [-0.1, -0.05) is 18.2 Å². The molecule has 0 spiro atoms. The van der Waals surface area contributed by atoms with E-state index in [0.717, 1.165) is 31.9 Å². The Hall–Kier alpha value is -1.05. The number of ether oxygens (including phenoxy) is 2. The first-order valence-electron chi connectivity index (χ1n) is 8.03. The molecule has 1 heterocycles. The van der Waals surface area contributed by atoms with Crippen molar-refractivity contribution in [2.24, 2.45) is 5.73 Å². The third-order valence-electron chi connectivity index (χ3n) is 4.18. The van der Waals surface area contributed by atoms with Crippen molar-refractivity contribution in [1.82, 2.24) is 4.90 Å². The highest BCUT2D eigenvalue weighted by Crippen LogP contribution is 2.23. The maximum absolute atomic E-state index is 12.3. The Morgan fingerprint density at radius 3 is 2.56 bits per heavy atom. The number of para-hydroxylation sites is 1. The van der Waals surface area contributed by atoms with E-state index in [-0.39, 0.29) is 36.8 Å². The highest BCUT2D eigenvalue weighted by atomic mass is 35.5. The van der Waals surface area contributed by atoms with Gasteiger partial charge in [-0.25, -0.2) is 0 Å². The van der Waals surface area contributed by atoms with Crippen molar-refractivity contribution in [2.75, 3.05) is 51.9 Å². The second-order valence-electron chi connectivity index (χ2n) is 5.78. The van der Waals surface area contributed by atoms with Crippen molar-refractivity contribution in [2.45, 2.75) is 19.1 Å². The first-order chi connectivity index (χ1) is 11.2. The highest BCUT2D eigenvalue weighted by Gasteiger charge is 2.19. The number of anilines is 1. The molecular formula is C17H29Cl2N3O3. The van der Waals surface area contributed by atoms with Crippen LogP contribution in [-0.2, 0) is 20.8 Å². The summed E-state index contributed by atoms with van der Waals surface area (Å²) in [5.74, 6) is 0.0408. The maximum atomic E-state index is 12.3. The number of benzene rings is 1. The number of nitrogens with zero attached hydrogens (tertiary/aromatic N) is 2. The number of hydrogen-bond donors (Lipinski definition) is 1. The van der Waals surface area contributed by atoms with Gasteiger partial charge in [0.25, 0.3) is 0 Å². The third-order valence-corrected chi connectivity index (χ3v) is 4.18. The molecule has 0 aromatic heterocycles. The van der Waals surface area contributed by atoms with Gasteiger partial charge in [-0.15, -0.1) is 24.8 Å². The van der Waals surface area contributed by atoms with Crippen LogP contribution in [0.5, 0.6) is 0 Å². The highest BCUT2D eigenvalue weighted by molar-refractivity contribution is 5.85. The maximum Gasteiger partial charge on any atom is 0.225 e. The number of methoxy groups -OCH3 is 1. The standard InChI is InChI=1S/C17H27N3O3.2ClH/c1-19(17(21)11-15(12-18)22-2)13-14-5-3-4-6-16(14)20-7-9-23-10-8-20;;/h3-6,15H,7-13,18H2,1-2H3;2*1H. The van der Waals surface area contributed by atoms with E-state index >= 15 is 0 Å². The van der Waals surface area contributed by atoms with E-state index in [2.05, 4.69) is 17.0 Å². The zero-order valence-corrected chi connectivity index (χ0v) is 16.5. The van der Waals surface area contributed by atoms with Crippen molar-refractivity contribution in [3.63, 3.8) is 0 Å². The van der Waals surface area contributed by atoms with Crippen LogP contribution in [0.15, 0.2) is 24.3 Å². The SMILES string of the molecule is COC(CN)CC(=O)N(C)Cc1ccccc1N1CCOCC1.Cl.Cl. The Bertz CT molecular complexity index is 510. The largest absolute Gasteiger partial charge is 0.380 e. The summed E-state index contributed by atoms with van der Waals surface area (Å²) < 4.78 is 10.6. The van der Waals surface area contributed by atoms with Gasteiger partial charge in [-0.2, -0.15) is 0 Å². The molecule has 1 saturated heterocycles. The Balaban J connectivity index is 0.00000288. The summed E-state index contributed by atoms with van der Waals surface area (Å²) >= 11 is 0. The van der Waals surface area contributed by atoms with Crippen LogP contribution in [0.25, 0.3) is 0 Å². The van der Waals surface area contributed by atoms with Crippen LogP contribution in [-0.4, -0.2) is 63.9 Å². The van der Waals surface area contributed by atoms with Gasteiger partial charge in [-0.3, -0.25) is 4.79 Å². The molecule has 1 amide bonds. The van der Waals surface area contributed by atoms with Crippen molar-refractivity contribution in [3.8, 4) is 0 Å². The van der Waals surface area contributed by atoms with Crippen LogP contribution in [0.1, 0.15) is 12.0 Å². The van der Waals surface area contributed by atoms with Crippen LogP contribution in [0, 0.1) is 0 Å². The van der Waals surface area contributed by atoms with Crippen LogP contribution in [0.4, 0.5) is 5.69 Å². The van der Waals surface area contributed by atoms with E-state index in [4.69, 9.17) is 15.2 Å². The summed E-state index contributed by atoms with van der Waals surface area (Å²) in [4.78, 5) is 16.4. The van der Waals surface area contributed by atoms with Crippen LogP contribution < -0.4 is 10.6 Å². The van der Waals surface area contributed by atoms with E-state index in [1.807, 2.05) is 19.2 Å². The zero-order valence-electron chi connectivity index (χ0n) is 14.8. The van der Waals surface area contributed by atoms with Gasteiger partial charge in [0.1, 0.15) is 0 Å². The molecule has 1 atom stereocenters. The number of carbonyl (C=O) groups excluding carboxylic acids is 1. The number of nitrogens with two attached hydrogens (primary N) is 1. The van der Waals surface area contributed by atoms with Crippen LogP contribution >= 0.6 is 24.8 Å². The van der Waals surface area contributed by atoms with Crippen LogP contribution in [0.3, 0.4) is 0 Å².